The molecule has 2 amide bonds. The molecule has 3 aliphatic rings. The molecule has 5 atom stereocenters. The zero-order valence-electron chi connectivity index (χ0n) is 14.2. The van der Waals surface area contributed by atoms with Crippen LogP contribution >= 0.6 is 0 Å². The number of hydrogen-bond acceptors (Lipinski definition) is 8. The van der Waals surface area contributed by atoms with E-state index in [-0.39, 0.29) is 11.1 Å². The lowest BCUT2D eigenvalue weighted by molar-refractivity contribution is -0.232. The van der Waals surface area contributed by atoms with Crippen molar-refractivity contribution in [3.05, 3.63) is 35.4 Å². The second kappa shape index (κ2) is 6.08. The highest BCUT2D eigenvalue weighted by Crippen LogP contribution is 2.38. The third kappa shape index (κ3) is 2.73. The molecule has 0 aliphatic carbocycles. The smallest absolute Gasteiger partial charge is 0.285 e. The van der Waals surface area contributed by atoms with Gasteiger partial charge >= 0.3 is 0 Å². The summed E-state index contributed by atoms with van der Waals surface area (Å²) in [5, 5.41) is 21.2. The van der Waals surface area contributed by atoms with Gasteiger partial charge in [-0.15, -0.1) is 5.06 Å². The monoisotopic (exact) mass is 365 g/mol. The lowest BCUT2D eigenvalue weighted by Crippen LogP contribution is -2.44. The van der Waals surface area contributed by atoms with Crippen molar-refractivity contribution in [1.29, 1.82) is 0 Å². The van der Waals surface area contributed by atoms with E-state index < -0.39 is 54.9 Å². The molecule has 3 heterocycles. The molecule has 2 fully saturated rings. The zero-order chi connectivity index (χ0) is 18.6. The molecular formula is C17H19NO8. The number of ether oxygens (including phenoxy) is 3. The van der Waals surface area contributed by atoms with Gasteiger partial charge in [-0.25, -0.2) is 0 Å². The predicted octanol–water partition coefficient (Wildman–Crippen LogP) is -0.188. The van der Waals surface area contributed by atoms with Crippen molar-refractivity contribution in [2.75, 3.05) is 6.61 Å². The number of imide groups is 1. The molecule has 1 aromatic carbocycles. The first-order valence-corrected chi connectivity index (χ1v) is 8.26. The van der Waals surface area contributed by atoms with Gasteiger partial charge in [0.1, 0.15) is 31.0 Å². The molecule has 0 spiro atoms. The maximum absolute atomic E-state index is 12.2. The van der Waals surface area contributed by atoms with Crippen LogP contribution in [0, 0.1) is 0 Å². The van der Waals surface area contributed by atoms with Gasteiger partial charge in [0.15, 0.2) is 12.1 Å². The molecule has 1 aromatic rings. The van der Waals surface area contributed by atoms with Crippen LogP contribution in [0.3, 0.4) is 0 Å². The minimum absolute atomic E-state index is 0.239. The number of nitrogens with zero attached hydrogens (tertiary/aromatic N) is 1. The van der Waals surface area contributed by atoms with Crippen LogP contribution in [0.5, 0.6) is 0 Å². The Morgan fingerprint density at radius 1 is 1.19 bits per heavy atom. The van der Waals surface area contributed by atoms with Crippen molar-refractivity contribution in [3.63, 3.8) is 0 Å². The van der Waals surface area contributed by atoms with Crippen LogP contribution in [0.4, 0.5) is 0 Å². The Labute approximate surface area is 149 Å². The standard InChI is InChI=1S/C17H19NO8/c1-17(2)25-13-11(20)12(24-16(13)26-17)10(19)7-23-18-14(21)8-5-3-4-6-9(8)15(18)22/h3-6,10-13,16,19-20H,7H2,1-2H3/t10-,11+,12-,13-,16-/m1/s1. The second-order valence-corrected chi connectivity index (χ2v) is 6.87. The Morgan fingerprint density at radius 3 is 2.38 bits per heavy atom. The number of fused-ring (bicyclic) bond motifs is 2. The molecule has 4 rings (SSSR count). The lowest BCUT2D eigenvalue weighted by Gasteiger charge is -2.26. The quantitative estimate of drug-likeness (QED) is 0.706. The van der Waals surface area contributed by atoms with Crippen molar-refractivity contribution in [1.82, 2.24) is 5.06 Å². The highest BCUT2D eigenvalue weighted by Gasteiger charge is 2.56. The first-order chi connectivity index (χ1) is 12.3. The van der Waals surface area contributed by atoms with Crippen LogP contribution in [-0.4, -0.2) is 70.2 Å². The molecule has 2 saturated heterocycles. The summed E-state index contributed by atoms with van der Waals surface area (Å²) in [6.45, 7) is 2.96. The van der Waals surface area contributed by atoms with E-state index >= 15 is 0 Å². The summed E-state index contributed by atoms with van der Waals surface area (Å²) < 4.78 is 16.6. The van der Waals surface area contributed by atoms with Gasteiger partial charge in [-0.05, 0) is 26.0 Å². The molecule has 9 heteroatoms. The fraction of sp³-hybridized carbons (Fsp3) is 0.529. The summed E-state index contributed by atoms with van der Waals surface area (Å²) in [6.07, 6.45) is -5.00. The maximum Gasteiger partial charge on any atom is 0.285 e. The number of carbonyl (C=O) groups is 2. The minimum Gasteiger partial charge on any atom is -0.388 e. The highest BCUT2D eigenvalue weighted by molar-refractivity contribution is 6.20. The number of hydroxylamine groups is 2. The summed E-state index contributed by atoms with van der Waals surface area (Å²) in [7, 11) is 0. The first kappa shape index (κ1) is 17.5. The van der Waals surface area contributed by atoms with Crippen LogP contribution in [-0.2, 0) is 19.0 Å². The first-order valence-electron chi connectivity index (χ1n) is 8.26. The van der Waals surface area contributed by atoms with Gasteiger partial charge in [0.05, 0.1) is 11.1 Å². The largest absolute Gasteiger partial charge is 0.388 e. The maximum atomic E-state index is 12.2. The number of hydrogen-bond donors (Lipinski definition) is 2. The molecule has 0 radical (unpaired) electrons. The number of benzene rings is 1. The average Bonchev–Trinajstić information content (AvgIpc) is 3.15. The minimum atomic E-state index is -1.30. The molecule has 3 aliphatic heterocycles. The van der Waals surface area contributed by atoms with Crippen LogP contribution in [0.25, 0.3) is 0 Å². The normalized spacial score (nSPS) is 33.5. The lowest BCUT2D eigenvalue weighted by atomic mass is 10.1. The summed E-state index contributed by atoms with van der Waals surface area (Å²) in [4.78, 5) is 29.6. The van der Waals surface area contributed by atoms with Gasteiger partial charge < -0.3 is 24.4 Å². The molecule has 26 heavy (non-hydrogen) atoms. The van der Waals surface area contributed by atoms with Crippen LogP contribution in [0.1, 0.15) is 34.6 Å². The summed E-state index contributed by atoms with van der Waals surface area (Å²) in [6, 6.07) is 6.34. The van der Waals surface area contributed by atoms with Crippen LogP contribution < -0.4 is 0 Å². The van der Waals surface area contributed by atoms with Gasteiger partial charge in [-0.1, -0.05) is 12.1 Å². The fourth-order valence-corrected chi connectivity index (χ4v) is 3.36. The van der Waals surface area contributed by atoms with Crippen LogP contribution in [0.2, 0.25) is 0 Å². The Kier molecular flexibility index (Phi) is 4.10. The zero-order valence-corrected chi connectivity index (χ0v) is 14.2. The molecule has 0 bridgehead atoms. The Balaban J connectivity index is 1.38. The summed E-state index contributed by atoms with van der Waals surface area (Å²) in [5.41, 5.74) is 0.477. The van der Waals surface area contributed by atoms with E-state index in [1.54, 1.807) is 26.0 Å². The van der Waals surface area contributed by atoms with Crippen molar-refractivity contribution in [3.8, 4) is 0 Å². The number of aliphatic hydroxyl groups excluding tert-OH is 2. The Morgan fingerprint density at radius 2 is 1.81 bits per heavy atom. The number of aliphatic hydroxyl groups is 2. The van der Waals surface area contributed by atoms with E-state index in [1.807, 2.05) is 0 Å². The molecule has 2 N–H and O–H groups in total. The SMILES string of the molecule is CC1(C)O[C@H]2O[C@H]([C@H](O)CON3C(=O)c4ccccc4C3=O)[C@H](O)[C@H]2O1. The Hall–Kier alpha value is -1.88. The fourth-order valence-electron chi connectivity index (χ4n) is 3.36. The second-order valence-electron chi connectivity index (χ2n) is 6.87. The van der Waals surface area contributed by atoms with E-state index in [2.05, 4.69) is 0 Å². The predicted molar refractivity (Wildman–Crippen MR) is 83.6 cm³/mol. The van der Waals surface area contributed by atoms with E-state index in [9.17, 15) is 19.8 Å². The third-order valence-electron chi connectivity index (χ3n) is 4.56. The van der Waals surface area contributed by atoms with Gasteiger partial charge in [0.2, 0.25) is 0 Å². The molecule has 0 saturated carbocycles. The number of rotatable bonds is 4. The van der Waals surface area contributed by atoms with Crippen LogP contribution in [0.15, 0.2) is 24.3 Å². The number of amides is 2. The topological polar surface area (TPSA) is 115 Å². The van der Waals surface area contributed by atoms with Gasteiger partial charge in [0.25, 0.3) is 11.8 Å². The summed E-state index contributed by atoms with van der Waals surface area (Å²) in [5.74, 6) is -2.09. The van der Waals surface area contributed by atoms with Gasteiger partial charge in [-0.3, -0.25) is 14.4 Å². The average molecular weight is 365 g/mol. The van der Waals surface area contributed by atoms with Crippen molar-refractivity contribution in [2.24, 2.45) is 0 Å². The van der Waals surface area contributed by atoms with Gasteiger partial charge in [-0.2, -0.15) is 0 Å². The highest BCUT2D eigenvalue weighted by atomic mass is 16.8. The van der Waals surface area contributed by atoms with E-state index in [0.29, 0.717) is 5.06 Å². The van der Waals surface area contributed by atoms with Crippen molar-refractivity contribution >= 4 is 11.8 Å². The molecule has 0 aromatic heterocycles. The molecule has 140 valence electrons. The molecule has 0 unspecified atom stereocenters. The Bertz CT molecular complexity index is 715. The van der Waals surface area contributed by atoms with Gasteiger partial charge in [0, 0.05) is 0 Å². The van der Waals surface area contributed by atoms with E-state index in [0.717, 1.165) is 0 Å². The molecular weight excluding hydrogens is 346 g/mol. The van der Waals surface area contributed by atoms with E-state index in [4.69, 9.17) is 19.0 Å². The van der Waals surface area contributed by atoms with Crippen molar-refractivity contribution in [2.45, 2.75) is 50.3 Å². The third-order valence-corrected chi connectivity index (χ3v) is 4.56. The van der Waals surface area contributed by atoms with Crippen molar-refractivity contribution < 1.29 is 38.9 Å². The summed E-state index contributed by atoms with van der Waals surface area (Å²) >= 11 is 0. The number of carbonyl (C=O) groups excluding carboxylic acids is 2. The molecule has 9 nitrogen and oxygen atoms in total. The van der Waals surface area contributed by atoms with E-state index in [1.165, 1.54) is 12.1 Å².